The molecule has 1 fully saturated rings. The lowest BCUT2D eigenvalue weighted by atomic mass is 10.2. The molecular formula is C20H25N3O4S. The zero-order valence-corrected chi connectivity index (χ0v) is 17.0. The van der Waals surface area contributed by atoms with Crippen molar-refractivity contribution in [1.29, 1.82) is 0 Å². The van der Waals surface area contributed by atoms with Gasteiger partial charge in [-0.05, 0) is 29.1 Å². The van der Waals surface area contributed by atoms with Crippen molar-refractivity contribution in [2.24, 2.45) is 0 Å². The number of rotatable bonds is 7. The van der Waals surface area contributed by atoms with E-state index in [2.05, 4.69) is 27.2 Å². The summed E-state index contributed by atoms with van der Waals surface area (Å²) in [5, 5.41) is 4.58. The van der Waals surface area contributed by atoms with Gasteiger partial charge in [0.25, 0.3) is 0 Å². The van der Waals surface area contributed by atoms with E-state index < -0.39 is 5.97 Å². The van der Waals surface area contributed by atoms with E-state index in [9.17, 15) is 9.59 Å². The number of methoxy groups -OCH3 is 2. The van der Waals surface area contributed by atoms with Crippen LogP contribution in [0.4, 0.5) is 5.69 Å². The summed E-state index contributed by atoms with van der Waals surface area (Å²) in [4.78, 5) is 29.0. The monoisotopic (exact) mass is 403 g/mol. The number of nitrogens with zero attached hydrogens (tertiary/aromatic N) is 2. The first-order chi connectivity index (χ1) is 13.6. The first-order valence-electron chi connectivity index (χ1n) is 9.12. The molecule has 7 nitrogen and oxygen atoms in total. The van der Waals surface area contributed by atoms with Gasteiger partial charge in [-0.25, -0.2) is 4.79 Å². The summed E-state index contributed by atoms with van der Waals surface area (Å²) in [7, 11) is 3.00. The Morgan fingerprint density at radius 1 is 1.04 bits per heavy atom. The molecule has 0 aliphatic carbocycles. The van der Waals surface area contributed by atoms with Crippen LogP contribution in [0.3, 0.4) is 0 Å². The van der Waals surface area contributed by atoms with Crippen LogP contribution >= 0.6 is 11.3 Å². The third-order valence-electron chi connectivity index (χ3n) is 4.71. The highest BCUT2D eigenvalue weighted by molar-refractivity contribution is 7.12. The lowest BCUT2D eigenvalue weighted by Crippen LogP contribution is -2.48. The molecule has 150 valence electrons. The summed E-state index contributed by atoms with van der Waals surface area (Å²) < 4.78 is 9.93. The van der Waals surface area contributed by atoms with Crippen LogP contribution in [0.2, 0.25) is 0 Å². The number of carbonyl (C=O) groups is 2. The summed E-state index contributed by atoms with van der Waals surface area (Å²) >= 11 is 1.26. The van der Waals surface area contributed by atoms with Crippen molar-refractivity contribution in [2.45, 2.75) is 6.54 Å². The summed E-state index contributed by atoms with van der Waals surface area (Å²) in [5.41, 5.74) is 1.76. The Balaban J connectivity index is 1.44. The fraction of sp³-hybridized carbons (Fsp3) is 0.400. The lowest BCUT2D eigenvalue weighted by molar-refractivity contribution is -0.117. The number of hydrogen-bond acceptors (Lipinski definition) is 7. The minimum absolute atomic E-state index is 0.118. The quantitative estimate of drug-likeness (QED) is 0.716. The fourth-order valence-electron chi connectivity index (χ4n) is 3.15. The van der Waals surface area contributed by atoms with Gasteiger partial charge in [-0.1, -0.05) is 12.1 Å². The summed E-state index contributed by atoms with van der Waals surface area (Å²) in [6.45, 7) is 4.68. The van der Waals surface area contributed by atoms with E-state index in [-0.39, 0.29) is 5.91 Å². The van der Waals surface area contributed by atoms with Gasteiger partial charge in [-0.3, -0.25) is 14.6 Å². The van der Waals surface area contributed by atoms with Crippen LogP contribution in [0.1, 0.15) is 15.2 Å². The largest absolute Gasteiger partial charge is 0.497 e. The van der Waals surface area contributed by atoms with E-state index in [0.717, 1.165) is 38.5 Å². The molecule has 8 heteroatoms. The molecule has 0 unspecified atom stereocenters. The number of hydrogen-bond donors (Lipinski definition) is 1. The van der Waals surface area contributed by atoms with Gasteiger partial charge < -0.3 is 14.8 Å². The van der Waals surface area contributed by atoms with Crippen LogP contribution in [0.15, 0.2) is 35.7 Å². The molecule has 0 bridgehead atoms. The van der Waals surface area contributed by atoms with E-state index >= 15 is 0 Å². The zero-order chi connectivity index (χ0) is 19.9. The third kappa shape index (κ3) is 5.31. The summed E-state index contributed by atoms with van der Waals surface area (Å²) in [6.07, 6.45) is 0. The molecule has 0 radical (unpaired) electrons. The van der Waals surface area contributed by atoms with Crippen LogP contribution < -0.4 is 10.1 Å². The Labute approximate surface area is 168 Å². The van der Waals surface area contributed by atoms with Crippen molar-refractivity contribution >= 4 is 28.9 Å². The molecule has 3 rings (SSSR count). The Morgan fingerprint density at radius 3 is 2.36 bits per heavy atom. The topological polar surface area (TPSA) is 71.1 Å². The maximum absolute atomic E-state index is 12.3. The van der Waals surface area contributed by atoms with Crippen LogP contribution in [0.5, 0.6) is 5.75 Å². The second kappa shape index (κ2) is 9.68. The molecule has 1 aromatic carbocycles. The highest BCUT2D eigenvalue weighted by Gasteiger charge is 2.21. The van der Waals surface area contributed by atoms with Crippen molar-refractivity contribution in [3.8, 4) is 5.75 Å². The Hall–Kier alpha value is -2.42. The maximum Gasteiger partial charge on any atom is 0.350 e. The first kappa shape index (κ1) is 20.3. The van der Waals surface area contributed by atoms with Crippen LogP contribution in [0, 0.1) is 0 Å². The molecular weight excluding hydrogens is 378 g/mol. The van der Waals surface area contributed by atoms with E-state index in [1.165, 1.54) is 24.0 Å². The predicted octanol–water partition coefficient (Wildman–Crippen LogP) is 2.30. The highest BCUT2D eigenvalue weighted by Crippen LogP contribution is 2.23. The van der Waals surface area contributed by atoms with E-state index in [4.69, 9.17) is 9.47 Å². The Kier molecular flexibility index (Phi) is 7.02. The molecule has 1 aliphatic rings. The van der Waals surface area contributed by atoms with Gasteiger partial charge in [0.2, 0.25) is 5.91 Å². The highest BCUT2D eigenvalue weighted by atomic mass is 32.1. The van der Waals surface area contributed by atoms with Crippen molar-refractivity contribution < 1.29 is 19.1 Å². The molecule has 1 aliphatic heterocycles. The molecule has 0 atom stereocenters. The molecule has 1 N–H and O–H groups in total. The van der Waals surface area contributed by atoms with Gasteiger partial charge in [0.1, 0.15) is 10.6 Å². The second-order valence-corrected chi connectivity index (χ2v) is 7.52. The number of ether oxygens (including phenoxy) is 2. The maximum atomic E-state index is 12.3. The van der Waals surface area contributed by atoms with Crippen molar-refractivity contribution in [1.82, 2.24) is 9.80 Å². The standard InChI is InChI=1S/C20H25N3O4S/c1-26-16-5-3-15(4-6-16)13-22-8-10-23(11-9-22)14-18(24)21-17-7-12-28-19(17)20(25)27-2/h3-7,12H,8-11,13-14H2,1-2H3,(H,21,24). The number of amides is 1. The Bertz CT molecular complexity index is 798. The lowest BCUT2D eigenvalue weighted by Gasteiger charge is -2.34. The van der Waals surface area contributed by atoms with Gasteiger partial charge in [0, 0.05) is 32.7 Å². The van der Waals surface area contributed by atoms with E-state index in [1.807, 2.05) is 12.1 Å². The molecule has 0 saturated carbocycles. The first-order valence-corrected chi connectivity index (χ1v) is 10.0. The number of benzene rings is 1. The molecule has 28 heavy (non-hydrogen) atoms. The number of thiophene rings is 1. The molecule has 2 aromatic rings. The van der Waals surface area contributed by atoms with E-state index in [0.29, 0.717) is 17.1 Å². The summed E-state index contributed by atoms with van der Waals surface area (Å²) in [6, 6.07) is 9.84. The van der Waals surface area contributed by atoms with Crippen LogP contribution in [-0.2, 0) is 16.1 Å². The number of nitrogens with one attached hydrogen (secondary N) is 1. The number of esters is 1. The minimum Gasteiger partial charge on any atom is -0.497 e. The second-order valence-electron chi connectivity index (χ2n) is 6.60. The number of anilines is 1. The van der Waals surface area contributed by atoms with Crippen LogP contribution in [-0.4, -0.2) is 68.6 Å². The molecule has 2 heterocycles. The zero-order valence-electron chi connectivity index (χ0n) is 16.1. The predicted molar refractivity (Wildman–Crippen MR) is 109 cm³/mol. The number of carbonyl (C=O) groups excluding carboxylic acids is 2. The van der Waals surface area contributed by atoms with E-state index in [1.54, 1.807) is 18.6 Å². The minimum atomic E-state index is -0.433. The fourth-order valence-corrected chi connectivity index (χ4v) is 3.91. The SMILES string of the molecule is COC(=O)c1sccc1NC(=O)CN1CCN(Cc2ccc(OC)cc2)CC1. The average molecular weight is 404 g/mol. The van der Waals surface area contributed by atoms with Crippen molar-refractivity contribution in [3.05, 3.63) is 46.2 Å². The van der Waals surface area contributed by atoms with Gasteiger partial charge in [-0.15, -0.1) is 11.3 Å². The van der Waals surface area contributed by atoms with Gasteiger partial charge >= 0.3 is 5.97 Å². The van der Waals surface area contributed by atoms with Crippen molar-refractivity contribution in [3.63, 3.8) is 0 Å². The molecule has 1 amide bonds. The number of piperazine rings is 1. The smallest absolute Gasteiger partial charge is 0.350 e. The van der Waals surface area contributed by atoms with Crippen LogP contribution in [0.25, 0.3) is 0 Å². The van der Waals surface area contributed by atoms with Crippen molar-refractivity contribution in [2.75, 3.05) is 52.3 Å². The van der Waals surface area contributed by atoms with Gasteiger partial charge in [0.05, 0.1) is 26.5 Å². The normalized spacial score (nSPS) is 15.2. The molecule has 1 aromatic heterocycles. The summed E-state index contributed by atoms with van der Waals surface area (Å²) in [5.74, 6) is 0.310. The average Bonchev–Trinajstić information content (AvgIpc) is 3.17. The Morgan fingerprint density at radius 2 is 1.71 bits per heavy atom. The van der Waals surface area contributed by atoms with Gasteiger partial charge in [-0.2, -0.15) is 0 Å². The molecule has 0 spiro atoms. The van der Waals surface area contributed by atoms with Gasteiger partial charge in [0.15, 0.2) is 0 Å². The third-order valence-corrected chi connectivity index (χ3v) is 5.60. The molecule has 1 saturated heterocycles.